The fourth-order valence-electron chi connectivity index (χ4n) is 2.12. The van der Waals surface area contributed by atoms with E-state index >= 15 is 0 Å². The Morgan fingerprint density at radius 1 is 1.14 bits per heavy atom. The highest BCUT2D eigenvalue weighted by Gasteiger charge is 2.46. The third-order valence-electron chi connectivity index (χ3n) is 3.12. The van der Waals surface area contributed by atoms with Crippen molar-refractivity contribution in [2.45, 2.75) is 50.1 Å². The van der Waals surface area contributed by atoms with Crippen molar-refractivity contribution in [2.75, 3.05) is 13.2 Å². The van der Waals surface area contributed by atoms with Gasteiger partial charge in [0.2, 0.25) is 0 Å². The van der Waals surface area contributed by atoms with Gasteiger partial charge >= 0.3 is 0 Å². The molecule has 1 aliphatic carbocycles. The summed E-state index contributed by atoms with van der Waals surface area (Å²) in [5.74, 6) is -0.312. The average molecular weight is 263 g/mol. The maximum atomic E-state index is 5.96. The van der Waals surface area contributed by atoms with Gasteiger partial charge in [-0.3, -0.25) is 0 Å². The minimum Gasteiger partial charge on any atom is -0.348 e. The Morgan fingerprint density at radius 3 is 2.36 bits per heavy atom. The van der Waals surface area contributed by atoms with Crippen LogP contribution in [0.4, 0.5) is 0 Å². The third-order valence-corrected chi connectivity index (χ3v) is 4.28. The summed E-state index contributed by atoms with van der Waals surface area (Å²) >= 11 is 3.69. The predicted molar refractivity (Wildman–Crippen MR) is 59.6 cm³/mol. The molecule has 2 rings (SSSR count). The first-order valence-corrected chi connectivity index (χ1v) is 6.38. The lowest BCUT2D eigenvalue weighted by atomic mass is 9.89. The fourth-order valence-corrected chi connectivity index (χ4v) is 2.93. The summed E-state index contributed by atoms with van der Waals surface area (Å²) in [4.78, 5) is 0.375. The van der Waals surface area contributed by atoms with Crippen molar-refractivity contribution >= 4 is 15.9 Å². The lowest BCUT2D eigenvalue weighted by molar-refractivity contribution is -0.305. The molecule has 14 heavy (non-hydrogen) atoms. The first-order valence-electron chi connectivity index (χ1n) is 5.46. The Kier molecular flexibility index (Phi) is 2.93. The largest absolute Gasteiger partial charge is 0.348 e. The van der Waals surface area contributed by atoms with Crippen molar-refractivity contribution in [3.8, 4) is 0 Å². The van der Waals surface area contributed by atoms with Gasteiger partial charge in [0.05, 0.1) is 18.0 Å². The van der Waals surface area contributed by atoms with Crippen LogP contribution in [0.3, 0.4) is 0 Å². The fraction of sp³-hybridized carbons (Fsp3) is 1.00. The summed E-state index contributed by atoms with van der Waals surface area (Å²) in [7, 11) is 0. The first kappa shape index (κ1) is 10.9. The highest BCUT2D eigenvalue weighted by atomic mass is 79.9. The molecule has 1 heterocycles. The number of rotatable bonds is 0. The zero-order chi connectivity index (χ0) is 10.2. The molecule has 1 saturated carbocycles. The second-order valence-electron chi connectivity index (χ2n) is 5.27. The van der Waals surface area contributed by atoms with E-state index in [9.17, 15) is 0 Å². The van der Waals surface area contributed by atoms with Crippen LogP contribution in [0.2, 0.25) is 0 Å². The van der Waals surface area contributed by atoms with Gasteiger partial charge in [0.15, 0.2) is 5.79 Å². The summed E-state index contributed by atoms with van der Waals surface area (Å²) in [5, 5.41) is 0. The Bertz CT molecular complexity index is 205. The summed E-state index contributed by atoms with van der Waals surface area (Å²) in [5.41, 5.74) is 0.176. The second kappa shape index (κ2) is 3.76. The third kappa shape index (κ3) is 2.00. The van der Waals surface area contributed by atoms with Crippen molar-refractivity contribution < 1.29 is 9.47 Å². The van der Waals surface area contributed by atoms with E-state index in [1.807, 2.05) is 0 Å². The summed E-state index contributed by atoms with van der Waals surface area (Å²) in [6, 6.07) is 0. The van der Waals surface area contributed by atoms with E-state index in [4.69, 9.17) is 9.47 Å². The molecular formula is C11H19BrO2. The monoisotopic (exact) mass is 262 g/mol. The lowest BCUT2D eigenvalue weighted by Crippen LogP contribution is -2.54. The van der Waals surface area contributed by atoms with Crippen LogP contribution >= 0.6 is 15.9 Å². The minimum absolute atomic E-state index is 0.176. The molecule has 3 heteroatoms. The highest BCUT2D eigenvalue weighted by Crippen LogP contribution is 2.42. The Morgan fingerprint density at radius 2 is 1.79 bits per heavy atom. The van der Waals surface area contributed by atoms with Crippen molar-refractivity contribution in [2.24, 2.45) is 5.41 Å². The minimum atomic E-state index is -0.312. The molecule has 0 bridgehead atoms. The van der Waals surface area contributed by atoms with Crippen molar-refractivity contribution in [3.05, 3.63) is 0 Å². The normalized spacial score (nSPS) is 35.8. The zero-order valence-corrected chi connectivity index (χ0v) is 10.6. The Labute approximate surface area is 94.5 Å². The van der Waals surface area contributed by atoms with Crippen LogP contribution in [0.1, 0.15) is 39.5 Å². The SMILES string of the molecule is CC1(C)COC2(CCCCC2Br)OC1. The van der Waals surface area contributed by atoms with Crippen molar-refractivity contribution in [1.82, 2.24) is 0 Å². The lowest BCUT2D eigenvalue weighted by Gasteiger charge is -2.47. The van der Waals surface area contributed by atoms with Gasteiger partial charge in [0, 0.05) is 11.8 Å². The number of ether oxygens (including phenoxy) is 2. The standard InChI is InChI=1S/C11H19BrO2/c1-10(2)7-13-11(14-8-10)6-4-3-5-9(11)12/h9H,3-8H2,1-2H3. The summed E-state index contributed by atoms with van der Waals surface area (Å²) < 4.78 is 11.9. The molecular weight excluding hydrogens is 244 g/mol. The van der Waals surface area contributed by atoms with E-state index < -0.39 is 0 Å². The second-order valence-corrected chi connectivity index (χ2v) is 6.37. The van der Waals surface area contributed by atoms with Gasteiger partial charge in [0.25, 0.3) is 0 Å². The maximum Gasteiger partial charge on any atom is 0.180 e. The highest BCUT2D eigenvalue weighted by molar-refractivity contribution is 9.09. The molecule has 1 spiro atoms. The van der Waals surface area contributed by atoms with Crippen LogP contribution < -0.4 is 0 Å². The molecule has 1 atom stereocenters. The quantitative estimate of drug-likeness (QED) is 0.625. The van der Waals surface area contributed by atoms with E-state index in [-0.39, 0.29) is 11.2 Å². The Balaban J connectivity index is 2.03. The number of halogens is 1. The van der Waals surface area contributed by atoms with Gasteiger partial charge in [-0.25, -0.2) is 0 Å². The van der Waals surface area contributed by atoms with E-state index in [1.54, 1.807) is 0 Å². The van der Waals surface area contributed by atoms with Crippen LogP contribution in [0.5, 0.6) is 0 Å². The van der Waals surface area contributed by atoms with Crippen LogP contribution in [-0.4, -0.2) is 23.8 Å². The first-order chi connectivity index (χ1) is 6.54. The molecule has 82 valence electrons. The number of hydrogen-bond acceptors (Lipinski definition) is 2. The topological polar surface area (TPSA) is 18.5 Å². The van der Waals surface area contributed by atoms with E-state index in [0.717, 1.165) is 19.6 Å². The molecule has 1 aliphatic heterocycles. The maximum absolute atomic E-state index is 5.96. The van der Waals surface area contributed by atoms with Gasteiger partial charge in [-0.05, 0) is 12.8 Å². The van der Waals surface area contributed by atoms with Crippen LogP contribution in [0, 0.1) is 5.41 Å². The molecule has 0 N–H and O–H groups in total. The van der Waals surface area contributed by atoms with E-state index in [1.165, 1.54) is 19.3 Å². The zero-order valence-electron chi connectivity index (χ0n) is 9.01. The van der Waals surface area contributed by atoms with Crippen LogP contribution in [0.25, 0.3) is 0 Å². The number of hydrogen-bond donors (Lipinski definition) is 0. The molecule has 0 aromatic heterocycles. The molecule has 2 nitrogen and oxygen atoms in total. The van der Waals surface area contributed by atoms with Gasteiger partial charge in [0.1, 0.15) is 0 Å². The molecule has 0 radical (unpaired) electrons. The molecule has 0 aromatic carbocycles. The molecule has 2 fully saturated rings. The summed E-state index contributed by atoms with van der Waals surface area (Å²) in [6.45, 7) is 6.00. The van der Waals surface area contributed by atoms with E-state index in [2.05, 4.69) is 29.8 Å². The van der Waals surface area contributed by atoms with Gasteiger partial charge in [-0.1, -0.05) is 36.2 Å². The predicted octanol–water partition coefficient (Wildman–Crippen LogP) is 3.09. The smallest absolute Gasteiger partial charge is 0.180 e. The van der Waals surface area contributed by atoms with Crippen molar-refractivity contribution in [1.29, 1.82) is 0 Å². The molecule has 2 aliphatic rings. The molecule has 1 saturated heterocycles. The molecule has 1 unspecified atom stereocenters. The van der Waals surface area contributed by atoms with E-state index in [0.29, 0.717) is 4.83 Å². The van der Waals surface area contributed by atoms with Gasteiger partial charge in [-0.2, -0.15) is 0 Å². The van der Waals surface area contributed by atoms with Crippen molar-refractivity contribution in [3.63, 3.8) is 0 Å². The Hall–Kier alpha value is 0.400. The molecule has 0 amide bonds. The summed E-state index contributed by atoms with van der Waals surface area (Å²) in [6.07, 6.45) is 4.72. The average Bonchev–Trinajstić information content (AvgIpc) is 2.15. The van der Waals surface area contributed by atoms with Gasteiger partial charge in [-0.15, -0.1) is 0 Å². The van der Waals surface area contributed by atoms with Crippen LogP contribution in [0.15, 0.2) is 0 Å². The van der Waals surface area contributed by atoms with Crippen LogP contribution in [-0.2, 0) is 9.47 Å². The number of alkyl halides is 1. The molecule has 0 aromatic rings. The van der Waals surface area contributed by atoms with Gasteiger partial charge < -0.3 is 9.47 Å².